The van der Waals surface area contributed by atoms with Crippen molar-refractivity contribution in [2.24, 2.45) is 0 Å². The summed E-state index contributed by atoms with van der Waals surface area (Å²) in [5.74, 6) is -0.653. The third-order valence-corrected chi connectivity index (χ3v) is 2.99. The molecule has 0 atom stereocenters. The predicted molar refractivity (Wildman–Crippen MR) is 83.0 cm³/mol. The molecule has 22 heavy (non-hydrogen) atoms. The highest BCUT2D eigenvalue weighted by atomic mass is 19.1. The zero-order chi connectivity index (χ0) is 15.9. The van der Waals surface area contributed by atoms with E-state index in [1.807, 2.05) is 0 Å². The fourth-order valence-corrected chi connectivity index (χ4v) is 1.80. The van der Waals surface area contributed by atoms with Crippen molar-refractivity contribution in [2.45, 2.75) is 6.61 Å². The molecule has 0 aliphatic heterocycles. The van der Waals surface area contributed by atoms with Crippen molar-refractivity contribution < 1.29 is 19.0 Å². The molecule has 0 bridgehead atoms. The van der Waals surface area contributed by atoms with Crippen LogP contribution in [0.15, 0.2) is 66.8 Å². The predicted octanol–water partition coefficient (Wildman–Crippen LogP) is 4.06. The molecule has 112 valence electrons. The molecule has 0 aliphatic carbocycles. The molecule has 1 N–H and O–H groups in total. The van der Waals surface area contributed by atoms with E-state index in [0.717, 1.165) is 11.1 Å². The number of ether oxygens (including phenoxy) is 1. The van der Waals surface area contributed by atoms with E-state index in [0.29, 0.717) is 12.4 Å². The van der Waals surface area contributed by atoms with Gasteiger partial charge in [-0.2, -0.15) is 0 Å². The van der Waals surface area contributed by atoms with Gasteiger partial charge in [0.25, 0.3) is 0 Å². The largest absolute Gasteiger partial charge is 0.489 e. The van der Waals surface area contributed by atoms with Crippen molar-refractivity contribution in [3.63, 3.8) is 0 Å². The molecule has 0 heterocycles. The van der Waals surface area contributed by atoms with Gasteiger partial charge in [-0.25, -0.2) is 9.18 Å². The Balaban J connectivity index is 2.01. The molecule has 0 radical (unpaired) electrons. The Morgan fingerprint density at radius 2 is 1.77 bits per heavy atom. The standard InChI is InChI=1S/C18H15FO3/c1-2-15(18(20)21)11-13-5-9-17(10-6-13)22-12-14-3-7-16(19)8-4-14/h2-11H,1,12H2,(H,20,21). The van der Waals surface area contributed by atoms with Crippen LogP contribution in [0.2, 0.25) is 0 Å². The van der Waals surface area contributed by atoms with Gasteiger partial charge >= 0.3 is 5.97 Å². The van der Waals surface area contributed by atoms with Crippen LogP contribution in [0.3, 0.4) is 0 Å². The zero-order valence-corrected chi connectivity index (χ0v) is 11.8. The van der Waals surface area contributed by atoms with Gasteiger partial charge in [0.2, 0.25) is 0 Å². The van der Waals surface area contributed by atoms with Gasteiger partial charge in [0.15, 0.2) is 0 Å². The Morgan fingerprint density at radius 1 is 1.14 bits per heavy atom. The second-order valence-corrected chi connectivity index (χ2v) is 4.59. The van der Waals surface area contributed by atoms with E-state index in [2.05, 4.69) is 6.58 Å². The van der Waals surface area contributed by atoms with Crippen molar-refractivity contribution in [2.75, 3.05) is 0 Å². The van der Waals surface area contributed by atoms with Crippen LogP contribution in [0.1, 0.15) is 11.1 Å². The van der Waals surface area contributed by atoms with Crippen molar-refractivity contribution in [3.8, 4) is 5.75 Å². The first kappa shape index (κ1) is 15.5. The van der Waals surface area contributed by atoms with Gasteiger partial charge in [0, 0.05) is 0 Å². The summed E-state index contributed by atoms with van der Waals surface area (Å²) in [6, 6.07) is 13.1. The smallest absolute Gasteiger partial charge is 0.335 e. The minimum Gasteiger partial charge on any atom is -0.489 e. The van der Waals surface area contributed by atoms with E-state index in [-0.39, 0.29) is 11.4 Å². The topological polar surface area (TPSA) is 46.5 Å². The molecule has 0 saturated carbocycles. The molecule has 2 rings (SSSR count). The number of rotatable bonds is 6. The van der Waals surface area contributed by atoms with Gasteiger partial charge in [-0.15, -0.1) is 0 Å². The lowest BCUT2D eigenvalue weighted by Crippen LogP contribution is -1.97. The van der Waals surface area contributed by atoms with Crippen LogP contribution in [0.5, 0.6) is 5.75 Å². The maximum atomic E-state index is 12.8. The lowest BCUT2D eigenvalue weighted by Gasteiger charge is -2.06. The normalized spacial score (nSPS) is 11.0. The SMILES string of the molecule is C=CC(=Cc1ccc(OCc2ccc(F)cc2)cc1)C(=O)O. The van der Waals surface area contributed by atoms with Crippen LogP contribution in [-0.2, 0) is 11.4 Å². The maximum Gasteiger partial charge on any atom is 0.335 e. The summed E-state index contributed by atoms with van der Waals surface area (Å²) in [6.07, 6.45) is 2.82. The lowest BCUT2D eigenvalue weighted by molar-refractivity contribution is -0.132. The molecule has 0 fully saturated rings. The number of hydrogen-bond acceptors (Lipinski definition) is 2. The average molecular weight is 298 g/mol. The molecule has 0 aromatic heterocycles. The highest BCUT2D eigenvalue weighted by Gasteiger charge is 2.02. The van der Waals surface area contributed by atoms with E-state index >= 15 is 0 Å². The highest BCUT2D eigenvalue weighted by molar-refractivity contribution is 5.95. The Kier molecular flexibility index (Phi) is 5.09. The highest BCUT2D eigenvalue weighted by Crippen LogP contribution is 2.16. The second kappa shape index (κ2) is 7.22. The lowest BCUT2D eigenvalue weighted by atomic mass is 10.1. The second-order valence-electron chi connectivity index (χ2n) is 4.59. The summed E-state index contributed by atoms with van der Waals surface area (Å²) < 4.78 is 18.4. The number of carbonyl (C=O) groups is 1. The van der Waals surface area contributed by atoms with Gasteiger partial charge < -0.3 is 9.84 Å². The third-order valence-electron chi connectivity index (χ3n) is 2.99. The summed E-state index contributed by atoms with van der Waals surface area (Å²) in [7, 11) is 0. The molecule has 0 spiro atoms. The number of benzene rings is 2. The van der Waals surface area contributed by atoms with Crippen LogP contribution >= 0.6 is 0 Å². The van der Waals surface area contributed by atoms with Gasteiger partial charge in [-0.05, 0) is 41.5 Å². The molecule has 2 aromatic rings. The van der Waals surface area contributed by atoms with Gasteiger partial charge in [0.05, 0.1) is 5.57 Å². The molecule has 0 unspecified atom stereocenters. The molecule has 0 aliphatic rings. The van der Waals surface area contributed by atoms with Crippen LogP contribution in [0.25, 0.3) is 6.08 Å². The van der Waals surface area contributed by atoms with Crippen molar-refractivity contribution >= 4 is 12.0 Å². The van der Waals surface area contributed by atoms with Crippen molar-refractivity contribution in [1.82, 2.24) is 0 Å². The number of carboxylic acids is 1. The fraction of sp³-hybridized carbons (Fsp3) is 0.0556. The van der Waals surface area contributed by atoms with E-state index in [1.54, 1.807) is 36.4 Å². The molecular formula is C18H15FO3. The van der Waals surface area contributed by atoms with Crippen molar-refractivity contribution in [1.29, 1.82) is 0 Å². The quantitative estimate of drug-likeness (QED) is 0.646. The minimum absolute atomic E-state index is 0.125. The number of carboxylic acid groups (broad SMARTS) is 1. The molecule has 0 saturated heterocycles. The van der Waals surface area contributed by atoms with Crippen LogP contribution in [-0.4, -0.2) is 11.1 Å². The summed E-state index contributed by atoms with van der Waals surface area (Å²) in [5.41, 5.74) is 1.73. The summed E-state index contributed by atoms with van der Waals surface area (Å²) in [4.78, 5) is 10.9. The summed E-state index contributed by atoms with van der Waals surface area (Å²) in [5, 5.41) is 8.93. The first-order valence-corrected chi connectivity index (χ1v) is 6.63. The minimum atomic E-state index is -1.02. The molecule has 0 amide bonds. The zero-order valence-electron chi connectivity index (χ0n) is 11.8. The summed E-state index contributed by atoms with van der Waals surface area (Å²) >= 11 is 0. The van der Waals surface area contributed by atoms with Crippen LogP contribution in [0, 0.1) is 5.82 Å². The maximum absolute atomic E-state index is 12.8. The Labute approximate surface area is 128 Å². The van der Waals surface area contributed by atoms with Crippen molar-refractivity contribution in [3.05, 3.63) is 83.7 Å². The van der Waals surface area contributed by atoms with Gasteiger partial charge in [-0.1, -0.05) is 36.9 Å². The van der Waals surface area contributed by atoms with Crippen LogP contribution in [0.4, 0.5) is 4.39 Å². The molecule has 3 nitrogen and oxygen atoms in total. The fourth-order valence-electron chi connectivity index (χ4n) is 1.80. The van der Waals surface area contributed by atoms with E-state index in [4.69, 9.17) is 9.84 Å². The number of halogens is 1. The van der Waals surface area contributed by atoms with E-state index < -0.39 is 5.97 Å². The first-order valence-electron chi connectivity index (χ1n) is 6.63. The first-order chi connectivity index (χ1) is 10.6. The summed E-state index contributed by atoms with van der Waals surface area (Å²) in [6.45, 7) is 3.80. The van der Waals surface area contributed by atoms with E-state index in [9.17, 15) is 9.18 Å². The molecular weight excluding hydrogens is 283 g/mol. The molecule has 4 heteroatoms. The Bertz CT molecular complexity index is 685. The third kappa shape index (κ3) is 4.31. The van der Waals surface area contributed by atoms with Gasteiger partial charge in [0.1, 0.15) is 18.2 Å². The number of aliphatic carboxylic acids is 1. The van der Waals surface area contributed by atoms with Gasteiger partial charge in [-0.3, -0.25) is 0 Å². The monoisotopic (exact) mass is 298 g/mol. The average Bonchev–Trinajstić information content (AvgIpc) is 2.53. The Morgan fingerprint density at radius 3 is 2.32 bits per heavy atom. The molecule has 2 aromatic carbocycles. The number of hydrogen-bond donors (Lipinski definition) is 1. The Hall–Kier alpha value is -2.88. The van der Waals surface area contributed by atoms with E-state index in [1.165, 1.54) is 24.3 Å². The van der Waals surface area contributed by atoms with Crippen LogP contribution < -0.4 is 4.74 Å².